The van der Waals surface area contributed by atoms with Gasteiger partial charge >= 0.3 is 0 Å². The number of nitrogens with zero attached hydrogens (tertiary/aromatic N) is 3. The molecule has 1 aliphatic carbocycles. The summed E-state index contributed by atoms with van der Waals surface area (Å²) >= 11 is 0. The quantitative estimate of drug-likeness (QED) is 0.620. The van der Waals surface area contributed by atoms with Crippen molar-refractivity contribution >= 4 is 27.3 Å². The Morgan fingerprint density at radius 2 is 1.70 bits per heavy atom. The lowest BCUT2D eigenvalue weighted by molar-refractivity contribution is 0.581. The van der Waals surface area contributed by atoms with Crippen LogP contribution in [-0.2, 0) is 10.0 Å². The van der Waals surface area contributed by atoms with E-state index in [1.54, 1.807) is 24.5 Å². The molecule has 0 radical (unpaired) electrons. The number of sulfonamides is 1. The van der Waals surface area contributed by atoms with Gasteiger partial charge in [-0.3, -0.25) is 4.98 Å². The van der Waals surface area contributed by atoms with Gasteiger partial charge in [-0.25, -0.2) is 13.1 Å². The molecule has 2 heterocycles. The second kappa shape index (κ2) is 6.88. The van der Waals surface area contributed by atoms with Crippen molar-refractivity contribution in [3.8, 4) is 0 Å². The molecule has 8 nitrogen and oxygen atoms in total. The van der Waals surface area contributed by atoms with Crippen LogP contribution in [0.2, 0.25) is 0 Å². The minimum Gasteiger partial charge on any atom is -0.367 e. The van der Waals surface area contributed by atoms with Crippen LogP contribution in [0.5, 0.6) is 0 Å². The highest BCUT2D eigenvalue weighted by molar-refractivity contribution is 7.90. The van der Waals surface area contributed by atoms with Crippen LogP contribution in [0.15, 0.2) is 36.7 Å². The van der Waals surface area contributed by atoms with E-state index in [0.29, 0.717) is 24.7 Å². The molecule has 122 valence electrons. The van der Waals surface area contributed by atoms with E-state index in [1.165, 1.54) is 0 Å². The summed E-state index contributed by atoms with van der Waals surface area (Å²) in [6, 6.07) is 7.25. The number of hydrogen-bond acceptors (Lipinski definition) is 7. The van der Waals surface area contributed by atoms with E-state index in [9.17, 15) is 8.42 Å². The summed E-state index contributed by atoms with van der Waals surface area (Å²) < 4.78 is 25.9. The van der Waals surface area contributed by atoms with E-state index in [-0.39, 0.29) is 5.25 Å². The van der Waals surface area contributed by atoms with Crippen LogP contribution in [-0.4, -0.2) is 41.9 Å². The number of nitrogens with one attached hydrogen (secondary N) is 3. The van der Waals surface area contributed by atoms with E-state index >= 15 is 0 Å². The van der Waals surface area contributed by atoms with Crippen LogP contribution in [0.25, 0.3) is 0 Å². The van der Waals surface area contributed by atoms with E-state index in [4.69, 9.17) is 0 Å². The SMILES string of the molecule is O=S(=O)(NCCNc1ccc(Nc2ccncc2)nn1)C1CC1. The molecule has 0 saturated heterocycles. The van der Waals surface area contributed by atoms with Crippen molar-refractivity contribution in [3.63, 3.8) is 0 Å². The summed E-state index contributed by atoms with van der Waals surface area (Å²) in [5.41, 5.74) is 0.879. The first-order valence-electron chi connectivity index (χ1n) is 7.37. The Morgan fingerprint density at radius 3 is 2.35 bits per heavy atom. The maximum absolute atomic E-state index is 11.6. The molecule has 1 saturated carbocycles. The summed E-state index contributed by atoms with van der Waals surface area (Å²) in [5, 5.41) is 14.0. The maximum atomic E-state index is 11.6. The molecule has 2 aromatic rings. The highest BCUT2D eigenvalue weighted by Gasteiger charge is 2.35. The second-order valence-corrected chi connectivity index (χ2v) is 7.28. The molecule has 9 heteroatoms. The number of hydrogen-bond donors (Lipinski definition) is 3. The lowest BCUT2D eigenvalue weighted by atomic mass is 10.4. The zero-order valence-electron chi connectivity index (χ0n) is 12.4. The van der Waals surface area contributed by atoms with E-state index < -0.39 is 10.0 Å². The molecule has 2 aromatic heterocycles. The molecule has 0 spiro atoms. The number of anilines is 3. The molecule has 3 rings (SSSR count). The number of rotatable bonds is 8. The molecular formula is C14H18N6O2S. The highest BCUT2D eigenvalue weighted by Crippen LogP contribution is 2.27. The Bertz CT molecular complexity index is 732. The Hall–Kier alpha value is -2.26. The fourth-order valence-corrected chi connectivity index (χ4v) is 3.34. The molecule has 0 unspecified atom stereocenters. The first-order chi connectivity index (χ1) is 11.1. The van der Waals surface area contributed by atoms with Crippen molar-refractivity contribution in [2.75, 3.05) is 23.7 Å². The third-order valence-electron chi connectivity index (χ3n) is 3.31. The second-order valence-electron chi connectivity index (χ2n) is 5.23. The van der Waals surface area contributed by atoms with Crippen LogP contribution < -0.4 is 15.4 Å². The van der Waals surface area contributed by atoms with Gasteiger partial charge in [0.2, 0.25) is 10.0 Å². The van der Waals surface area contributed by atoms with Crippen LogP contribution in [0.3, 0.4) is 0 Å². The maximum Gasteiger partial charge on any atom is 0.214 e. The lowest BCUT2D eigenvalue weighted by Crippen LogP contribution is -2.31. The first kappa shape index (κ1) is 15.6. The third-order valence-corrected chi connectivity index (χ3v) is 5.27. The molecular weight excluding hydrogens is 316 g/mol. The zero-order chi connectivity index (χ0) is 16.1. The predicted octanol–water partition coefficient (Wildman–Crippen LogP) is 1.11. The van der Waals surface area contributed by atoms with Gasteiger partial charge in [0.1, 0.15) is 5.82 Å². The van der Waals surface area contributed by atoms with Gasteiger partial charge in [0.15, 0.2) is 5.82 Å². The Kier molecular flexibility index (Phi) is 4.68. The van der Waals surface area contributed by atoms with Crippen molar-refractivity contribution < 1.29 is 8.42 Å². The first-order valence-corrected chi connectivity index (χ1v) is 8.91. The van der Waals surface area contributed by atoms with Crippen LogP contribution >= 0.6 is 0 Å². The Morgan fingerprint density at radius 1 is 1.00 bits per heavy atom. The van der Waals surface area contributed by atoms with Crippen LogP contribution in [0, 0.1) is 0 Å². The van der Waals surface area contributed by atoms with Gasteiger partial charge < -0.3 is 10.6 Å². The van der Waals surface area contributed by atoms with Gasteiger partial charge in [0.05, 0.1) is 5.25 Å². The van der Waals surface area contributed by atoms with Crippen molar-refractivity contribution in [2.24, 2.45) is 0 Å². The molecule has 3 N–H and O–H groups in total. The smallest absolute Gasteiger partial charge is 0.214 e. The third kappa shape index (κ3) is 4.60. The van der Waals surface area contributed by atoms with Gasteiger partial charge in [-0.2, -0.15) is 0 Å². The predicted molar refractivity (Wildman–Crippen MR) is 88.0 cm³/mol. The number of pyridine rings is 1. The summed E-state index contributed by atoms with van der Waals surface area (Å²) in [4.78, 5) is 3.94. The molecule has 0 amide bonds. The van der Waals surface area contributed by atoms with Gasteiger partial charge in [-0.1, -0.05) is 0 Å². The monoisotopic (exact) mass is 334 g/mol. The Balaban J connectivity index is 1.44. The van der Waals surface area contributed by atoms with Gasteiger partial charge in [0.25, 0.3) is 0 Å². The van der Waals surface area contributed by atoms with Crippen LogP contribution in [0.4, 0.5) is 17.3 Å². The van der Waals surface area contributed by atoms with Crippen molar-refractivity contribution in [1.29, 1.82) is 0 Å². The zero-order valence-corrected chi connectivity index (χ0v) is 13.3. The van der Waals surface area contributed by atoms with Gasteiger partial charge in [0, 0.05) is 31.2 Å². The summed E-state index contributed by atoms with van der Waals surface area (Å²) in [7, 11) is -3.12. The van der Waals surface area contributed by atoms with E-state index in [2.05, 4.69) is 30.5 Å². The van der Waals surface area contributed by atoms with E-state index in [1.807, 2.05) is 12.1 Å². The Labute approximate surface area is 134 Å². The average molecular weight is 334 g/mol. The van der Waals surface area contributed by atoms with Crippen LogP contribution in [0.1, 0.15) is 12.8 Å². The fourth-order valence-electron chi connectivity index (χ4n) is 1.96. The number of aromatic nitrogens is 3. The average Bonchev–Trinajstić information content (AvgIpc) is 3.40. The largest absolute Gasteiger partial charge is 0.367 e. The topological polar surface area (TPSA) is 109 Å². The lowest BCUT2D eigenvalue weighted by Gasteiger charge is -2.08. The highest BCUT2D eigenvalue weighted by atomic mass is 32.2. The van der Waals surface area contributed by atoms with Crippen molar-refractivity contribution in [2.45, 2.75) is 18.1 Å². The summed E-state index contributed by atoms with van der Waals surface area (Å²) in [6.45, 7) is 0.787. The summed E-state index contributed by atoms with van der Waals surface area (Å²) in [6.07, 6.45) is 4.91. The van der Waals surface area contributed by atoms with Gasteiger partial charge in [-0.05, 0) is 37.1 Å². The van der Waals surface area contributed by atoms with Crippen molar-refractivity contribution in [1.82, 2.24) is 19.9 Å². The molecule has 1 fully saturated rings. The van der Waals surface area contributed by atoms with Crippen molar-refractivity contribution in [3.05, 3.63) is 36.7 Å². The van der Waals surface area contributed by atoms with Gasteiger partial charge in [-0.15, -0.1) is 10.2 Å². The standard InChI is InChI=1S/C14H18N6O2S/c21-23(22,12-1-2-12)17-10-9-16-13-3-4-14(20-19-13)18-11-5-7-15-8-6-11/h3-8,12,17H,1-2,9-10H2,(H,16,19)(H,15,18,20). The molecule has 23 heavy (non-hydrogen) atoms. The normalized spacial score (nSPS) is 14.4. The molecule has 1 aliphatic rings. The fraction of sp³-hybridized carbons (Fsp3) is 0.357. The molecule has 0 bridgehead atoms. The summed E-state index contributed by atoms with van der Waals surface area (Å²) in [5.74, 6) is 1.21. The molecule has 0 atom stereocenters. The van der Waals surface area contributed by atoms with E-state index in [0.717, 1.165) is 18.5 Å². The molecule has 0 aliphatic heterocycles. The minimum absolute atomic E-state index is 0.194. The minimum atomic E-state index is -3.12. The molecule has 0 aromatic carbocycles.